The minimum absolute atomic E-state index is 0.000950. The second-order valence-corrected chi connectivity index (χ2v) is 7.29. The predicted octanol–water partition coefficient (Wildman–Crippen LogP) is 3.26. The van der Waals surface area contributed by atoms with Crippen molar-refractivity contribution < 1.29 is 9.53 Å². The van der Waals surface area contributed by atoms with Gasteiger partial charge in [0.25, 0.3) is 5.91 Å². The van der Waals surface area contributed by atoms with Crippen LogP contribution in [0.25, 0.3) is 0 Å². The van der Waals surface area contributed by atoms with Gasteiger partial charge < -0.3 is 20.3 Å². The van der Waals surface area contributed by atoms with E-state index in [1.165, 1.54) is 5.56 Å². The first kappa shape index (κ1) is 22.3. The molecule has 2 aromatic rings. The van der Waals surface area contributed by atoms with Crippen LogP contribution in [-0.4, -0.2) is 51.1 Å². The molecule has 2 rings (SSSR count). The summed E-state index contributed by atoms with van der Waals surface area (Å²) in [6.45, 7) is 6.13. The van der Waals surface area contributed by atoms with Gasteiger partial charge in [0.1, 0.15) is 12.4 Å². The first-order valence-corrected chi connectivity index (χ1v) is 9.89. The van der Waals surface area contributed by atoms with Crippen molar-refractivity contribution in [2.24, 2.45) is 4.99 Å². The Morgan fingerprint density at radius 2 is 1.76 bits per heavy atom. The number of rotatable bonds is 8. The molecule has 0 radical (unpaired) electrons. The molecule has 0 fully saturated rings. The minimum atomic E-state index is 0.000950. The van der Waals surface area contributed by atoms with Gasteiger partial charge in [0.2, 0.25) is 0 Å². The standard InChI is InChI=1S/C23H32N4O2/c1-17(2)20-8-6-7-9-21(20)29-15-14-25-23(24-3)26-16-18-10-12-19(13-11-18)22(28)27(4)5/h6-13,17H,14-16H2,1-5H3,(H2,24,25,26). The molecule has 6 heteroatoms. The van der Waals surface area contributed by atoms with Gasteiger partial charge in [0.05, 0.1) is 6.54 Å². The summed E-state index contributed by atoms with van der Waals surface area (Å²) in [5, 5.41) is 6.53. The molecule has 0 aliphatic heterocycles. The van der Waals surface area contributed by atoms with Crippen molar-refractivity contribution >= 4 is 11.9 Å². The molecule has 0 saturated carbocycles. The van der Waals surface area contributed by atoms with Gasteiger partial charge in [-0.1, -0.05) is 44.2 Å². The molecular weight excluding hydrogens is 364 g/mol. The van der Waals surface area contributed by atoms with E-state index in [0.717, 1.165) is 11.3 Å². The summed E-state index contributed by atoms with van der Waals surface area (Å²) in [6.07, 6.45) is 0. The molecule has 156 valence electrons. The van der Waals surface area contributed by atoms with E-state index in [1.54, 1.807) is 26.0 Å². The van der Waals surface area contributed by atoms with Crippen LogP contribution in [0.2, 0.25) is 0 Å². The molecule has 0 bridgehead atoms. The monoisotopic (exact) mass is 396 g/mol. The van der Waals surface area contributed by atoms with Crippen LogP contribution in [0.3, 0.4) is 0 Å². The fraction of sp³-hybridized carbons (Fsp3) is 0.391. The van der Waals surface area contributed by atoms with E-state index < -0.39 is 0 Å². The summed E-state index contributed by atoms with van der Waals surface area (Å²) >= 11 is 0. The third-order valence-electron chi connectivity index (χ3n) is 4.48. The van der Waals surface area contributed by atoms with Gasteiger partial charge in [0.15, 0.2) is 5.96 Å². The van der Waals surface area contributed by atoms with Crippen molar-refractivity contribution in [2.75, 3.05) is 34.3 Å². The van der Waals surface area contributed by atoms with E-state index in [0.29, 0.717) is 37.1 Å². The molecule has 6 nitrogen and oxygen atoms in total. The second-order valence-electron chi connectivity index (χ2n) is 7.29. The van der Waals surface area contributed by atoms with Crippen LogP contribution in [0, 0.1) is 0 Å². The highest BCUT2D eigenvalue weighted by atomic mass is 16.5. The highest BCUT2D eigenvalue weighted by Gasteiger charge is 2.08. The molecule has 0 aliphatic carbocycles. The van der Waals surface area contributed by atoms with Crippen LogP contribution in [0.4, 0.5) is 0 Å². The summed E-state index contributed by atoms with van der Waals surface area (Å²) < 4.78 is 5.93. The summed E-state index contributed by atoms with van der Waals surface area (Å²) in [7, 11) is 5.24. The minimum Gasteiger partial charge on any atom is -0.491 e. The molecular formula is C23H32N4O2. The molecule has 0 atom stereocenters. The summed E-state index contributed by atoms with van der Waals surface area (Å²) in [4.78, 5) is 17.8. The Morgan fingerprint density at radius 3 is 2.38 bits per heavy atom. The van der Waals surface area contributed by atoms with Crippen LogP contribution in [0.1, 0.15) is 41.3 Å². The second kappa shape index (κ2) is 11.1. The zero-order chi connectivity index (χ0) is 21.2. The number of nitrogens with zero attached hydrogens (tertiary/aromatic N) is 2. The lowest BCUT2D eigenvalue weighted by atomic mass is 10.0. The molecule has 0 aliphatic rings. The topological polar surface area (TPSA) is 66.0 Å². The predicted molar refractivity (Wildman–Crippen MR) is 119 cm³/mol. The van der Waals surface area contributed by atoms with E-state index in [-0.39, 0.29) is 5.91 Å². The van der Waals surface area contributed by atoms with Gasteiger partial charge in [0, 0.05) is 33.3 Å². The maximum absolute atomic E-state index is 11.9. The summed E-state index contributed by atoms with van der Waals surface area (Å²) in [6, 6.07) is 15.7. The molecule has 0 unspecified atom stereocenters. The molecule has 2 aromatic carbocycles. The lowest BCUT2D eigenvalue weighted by Gasteiger charge is -2.15. The maximum atomic E-state index is 11.9. The van der Waals surface area contributed by atoms with Crippen molar-refractivity contribution in [3.63, 3.8) is 0 Å². The highest BCUT2D eigenvalue weighted by molar-refractivity contribution is 5.93. The number of hydrogen-bond donors (Lipinski definition) is 2. The summed E-state index contributed by atoms with van der Waals surface area (Å²) in [5.74, 6) is 2.06. The van der Waals surface area contributed by atoms with E-state index in [2.05, 4.69) is 35.5 Å². The van der Waals surface area contributed by atoms with Crippen LogP contribution in [-0.2, 0) is 6.54 Å². The zero-order valence-corrected chi connectivity index (χ0v) is 18.0. The number of aliphatic imine (C=N–C) groups is 1. The number of benzene rings is 2. The number of ether oxygens (including phenoxy) is 1. The Morgan fingerprint density at radius 1 is 1.07 bits per heavy atom. The van der Waals surface area contributed by atoms with Crippen LogP contribution < -0.4 is 15.4 Å². The van der Waals surface area contributed by atoms with E-state index in [1.807, 2.05) is 42.5 Å². The fourth-order valence-electron chi connectivity index (χ4n) is 2.85. The van der Waals surface area contributed by atoms with E-state index in [4.69, 9.17) is 4.74 Å². The molecule has 0 spiro atoms. The number of amides is 1. The summed E-state index contributed by atoms with van der Waals surface area (Å²) in [5.41, 5.74) is 2.97. The average Bonchev–Trinajstić information content (AvgIpc) is 2.73. The molecule has 1 amide bonds. The Hall–Kier alpha value is -3.02. The number of guanidine groups is 1. The van der Waals surface area contributed by atoms with Crippen LogP contribution in [0.5, 0.6) is 5.75 Å². The largest absolute Gasteiger partial charge is 0.491 e. The van der Waals surface area contributed by atoms with Crippen molar-refractivity contribution in [2.45, 2.75) is 26.3 Å². The molecule has 29 heavy (non-hydrogen) atoms. The normalized spacial score (nSPS) is 11.3. The number of carbonyl (C=O) groups excluding carboxylic acids is 1. The van der Waals surface area contributed by atoms with E-state index in [9.17, 15) is 4.79 Å². The van der Waals surface area contributed by atoms with E-state index >= 15 is 0 Å². The van der Waals surface area contributed by atoms with Crippen LogP contribution >= 0.6 is 0 Å². The third-order valence-corrected chi connectivity index (χ3v) is 4.48. The van der Waals surface area contributed by atoms with Crippen molar-refractivity contribution in [3.8, 4) is 5.75 Å². The average molecular weight is 397 g/mol. The smallest absolute Gasteiger partial charge is 0.253 e. The zero-order valence-electron chi connectivity index (χ0n) is 18.0. The lowest BCUT2D eigenvalue weighted by molar-refractivity contribution is 0.0827. The third kappa shape index (κ3) is 6.82. The van der Waals surface area contributed by atoms with Gasteiger partial charge in [-0.2, -0.15) is 0 Å². The Bertz CT molecular complexity index is 814. The first-order valence-electron chi connectivity index (χ1n) is 9.89. The number of para-hydroxylation sites is 1. The SMILES string of the molecule is CN=C(NCCOc1ccccc1C(C)C)NCc1ccc(C(=O)N(C)C)cc1. The van der Waals surface area contributed by atoms with Gasteiger partial charge in [-0.25, -0.2) is 0 Å². The Balaban J connectivity index is 1.78. The number of nitrogens with one attached hydrogen (secondary N) is 2. The van der Waals surface area contributed by atoms with Gasteiger partial charge in [-0.3, -0.25) is 9.79 Å². The quantitative estimate of drug-likeness (QED) is 0.408. The Labute approximate surface area is 174 Å². The van der Waals surface area contributed by atoms with Gasteiger partial charge in [-0.05, 0) is 35.2 Å². The van der Waals surface area contributed by atoms with Crippen LogP contribution in [0.15, 0.2) is 53.5 Å². The number of hydrogen-bond acceptors (Lipinski definition) is 3. The van der Waals surface area contributed by atoms with Gasteiger partial charge in [-0.15, -0.1) is 0 Å². The fourth-order valence-corrected chi connectivity index (χ4v) is 2.85. The number of carbonyl (C=O) groups is 1. The maximum Gasteiger partial charge on any atom is 0.253 e. The molecule has 0 heterocycles. The van der Waals surface area contributed by atoms with Crippen molar-refractivity contribution in [1.82, 2.24) is 15.5 Å². The molecule has 0 aromatic heterocycles. The molecule has 2 N–H and O–H groups in total. The first-order chi connectivity index (χ1) is 13.9. The lowest BCUT2D eigenvalue weighted by Crippen LogP contribution is -2.38. The van der Waals surface area contributed by atoms with Crippen molar-refractivity contribution in [1.29, 1.82) is 0 Å². The Kier molecular flexibility index (Phi) is 8.52. The molecule has 0 saturated heterocycles. The van der Waals surface area contributed by atoms with Gasteiger partial charge >= 0.3 is 0 Å². The van der Waals surface area contributed by atoms with Crippen molar-refractivity contribution in [3.05, 3.63) is 65.2 Å². The highest BCUT2D eigenvalue weighted by Crippen LogP contribution is 2.25.